The van der Waals surface area contributed by atoms with Gasteiger partial charge in [-0.3, -0.25) is 4.79 Å². The zero-order valence-corrected chi connectivity index (χ0v) is 12.2. The minimum absolute atomic E-state index is 0.0968. The molecule has 0 aliphatic carbocycles. The zero-order chi connectivity index (χ0) is 15.6. The number of hydrogen-bond acceptors (Lipinski definition) is 6. The molecule has 0 spiro atoms. The topological polar surface area (TPSA) is 110 Å². The maximum Gasteiger partial charge on any atom is 0.488 e. The molecule has 3 N–H and O–H groups in total. The van der Waals surface area contributed by atoms with Crippen molar-refractivity contribution in [2.45, 2.75) is 12.1 Å². The molecule has 2 aromatic rings. The summed E-state index contributed by atoms with van der Waals surface area (Å²) in [5.74, 6) is 0. The first-order valence-corrected chi connectivity index (χ1v) is 7.26. The van der Waals surface area contributed by atoms with Crippen LogP contribution in [-0.4, -0.2) is 33.4 Å². The molecular weight excluding hydrogens is 289 g/mol. The molecule has 0 unspecified atom stereocenters. The van der Waals surface area contributed by atoms with Gasteiger partial charge in [0.25, 0.3) is 5.56 Å². The van der Waals surface area contributed by atoms with Gasteiger partial charge < -0.3 is 15.0 Å². The predicted molar refractivity (Wildman–Crippen MR) is 81.4 cm³/mol. The molecule has 1 aromatic carbocycles. The van der Waals surface area contributed by atoms with Gasteiger partial charge in [-0.05, 0) is 24.2 Å². The van der Waals surface area contributed by atoms with Gasteiger partial charge in [-0.25, -0.2) is 4.98 Å². The van der Waals surface area contributed by atoms with Crippen LogP contribution in [0.4, 0.5) is 0 Å². The second-order valence-electron chi connectivity index (χ2n) is 4.36. The Bertz CT molecular complexity index is 783. The maximum atomic E-state index is 11.9. The number of nitrogens with one attached hydrogen (secondary N) is 1. The van der Waals surface area contributed by atoms with Gasteiger partial charge in [0, 0.05) is 5.56 Å². The average Bonchev–Trinajstić information content (AvgIpc) is 2.46. The van der Waals surface area contributed by atoms with Gasteiger partial charge in [0.1, 0.15) is 11.6 Å². The summed E-state index contributed by atoms with van der Waals surface area (Å²) in [6.07, 6.45) is 1.76. The fourth-order valence-electron chi connectivity index (χ4n) is 1.90. The largest absolute Gasteiger partial charge is 0.488 e. The third kappa shape index (κ3) is 3.00. The Balaban J connectivity index is 2.77. The van der Waals surface area contributed by atoms with Crippen molar-refractivity contribution in [1.29, 1.82) is 5.26 Å². The Morgan fingerprint density at radius 3 is 2.71 bits per heavy atom. The van der Waals surface area contributed by atoms with Crippen molar-refractivity contribution >= 4 is 24.3 Å². The summed E-state index contributed by atoms with van der Waals surface area (Å²) in [5.41, 5.74) is 1.21. The molecule has 1 aromatic heterocycles. The van der Waals surface area contributed by atoms with Gasteiger partial charge in [0.05, 0.1) is 5.69 Å². The molecule has 2 rings (SSSR count). The van der Waals surface area contributed by atoms with E-state index in [1.165, 1.54) is 17.8 Å². The Morgan fingerprint density at radius 2 is 2.14 bits per heavy atom. The molecular formula is C13H12BN3O3S. The lowest BCUT2D eigenvalue weighted by molar-refractivity contribution is 0.426. The lowest BCUT2D eigenvalue weighted by atomic mass is 9.78. The van der Waals surface area contributed by atoms with Crippen LogP contribution < -0.4 is 11.0 Å². The van der Waals surface area contributed by atoms with Gasteiger partial charge in [-0.15, -0.1) is 0 Å². The summed E-state index contributed by atoms with van der Waals surface area (Å²) in [4.78, 5) is 18.7. The van der Waals surface area contributed by atoms with E-state index >= 15 is 0 Å². The van der Waals surface area contributed by atoms with Crippen LogP contribution in [0.15, 0.2) is 28.2 Å². The van der Waals surface area contributed by atoms with Crippen molar-refractivity contribution in [3.8, 4) is 17.3 Å². The fraction of sp³-hybridized carbons (Fsp3) is 0.154. The highest BCUT2D eigenvalue weighted by Crippen LogP contribution is 2.23. The molecule has 106 valence electrons. The fourth-order valence-corrected chi connectivity index (χ4v) is 2.28. The van der Waals surface area contributed by atoms with Crippen LogP contribution in [0.3, 0.4) is 0 Å². The first kappa shape index (κ1) is 15.3. The number of aromatic amines is 1. The van der Waals surface area contributed by atoms with E-state index < -0.39 is 12.7 Å². The first-order chi connectivity index (χ1) is 9.97. The SMILES string of the molecule is CSc1nc(-c2cc(B(O)O)ccc2C)c(C#N)c(=O)[nH]1. The van der Waals surface area contributed by atoms with Crippen LogP contribution in [0.25, 0.3) is 11.3 Å². The third-order valence-corrected chi connectivity index (χ3v) is 3.60. The summed E-state index contributed by atoms with van der Waals surface area (Å²) in [7, 11) is -1.63. The molecule has 0 fully saturated rings. The molecule has 0 radical (unpaired) electrons. The number of benzene rings is 1. The highest BCUT2D eigenvalue weighted by Gasteiger charge is 2.18. The molecule has 0 bridgehead atoms. The second-order valence-corrected chi connectivity index (χ2v) is 5.15. The normalized spacial score (nSPS) is 10.2. The number of nitrogens with zero attached hydrogens (tertiary/aromatic N) is 2. The van der Waals surface area contributed by atoms with Gasteiger partial charge in [0.15, 0.2) is 5.16 Å². The Labute approximate surface area is 125 Å². The lowest BCUT2D eigenvalue weighted by Gasteiger charge is -2.10. The maximum absolute atomic E-state index is 11.9. The summed E-state index contributed by atoms with van der Waals surface area (Å²) in [6, 6.07) is 6.62. The van der Waals surface area contributed by atoms with Crippen molar-refractivity contribution < 1.29 is 10.0 Å². The van der Waals surface area contributed by atoms with Crippen molar-refractivity contribution in [3.05, 3.63) is 39.7 Å². The number of nitriles is 1. The quantitative estimate of drug-likeness (QED) is 0.419. The van der Waals surface area contributed by atoms with Crippen molar-refractivity contribution in [2.24, 2.45) is 0 Å². The summed E-state index contributed by atoms with van der Waals surface area (Å²) in [5, 5.41) is 28.1. The minimum Gasteiger partial charge on any atom is -0.423 e. The number of hydrogen-bond donors (Lipinski definition) is 3. The first-order valence-electron chi connectivity index (χ1n) is 6.03. The third-order valence-electron chi connectivity index (χ3n) is 3.02. The minimum atomic E-state index is -1.63. The molecule has 0 aliphatic heterocycles. The number of thioether (sulfide) groups is 1. The molecule has 0 aliphatic rings. The van der Waals surface area contributed by atoms with Crippen LogP contribution in [-0.2, 0) is 0 Å². The molecule has 0 saturated heterocycles. The zero-order valence-electron chi connectivity index (χ0n) is 11.4. The Kier molecular flexibility index (Phi) is 4.48. The summed E-state index contributed by atoms with van der Waals surface area (Å²) < 4.78 is 0. The van der Waals surface area contributed by atoms with E-state index in [9.17, 15) is 20.1 Å². The van der Waals surface area contributed by atoms with Gasteiger partial charge in [-0.1, -0.05) is 30.0 Å². The van der Waals surface area contributed by atoms with Crippen LogP contribution >= 0.6 is 11.8 Å². The van der Waals surface area contributed by atoms with Gasteiger partial charge >= 0.3 is 7.12 Å². The van der Waals surface area contributed by atoms with Crippen molar-refractivity contribution in [1.82, 2.24) is 9.97 Å². The molecule has 0 atom stereocenters. The molecule has 21 heavy (non-hydrogen) atoms. The molecule has 0 amide bonds. The van der Waals surface area contributed by atoms with E-state index in [1.54, 1.807) is 25.3 Å². The van der Waals surface area contributed by atoms with E-state index in [0.29, 0.717) is 10.7 Å². The number of H-pyrrole nitrogens is 1. The van der Waals surface area contributed by atoms with E-state index in [1.807, 2.05) is 6.07 Å². The average molecular weight is 301 g/mol. The van der Waals surface area contributed by atoms with Gasteiger partial charge in [-0.2, -0.15) is 5.26 Å². The Morgan fingerprint density at radius 1 is 1.43 bits per heavy atom. The highest BCUT2D eigenvalue weighted by molar-refractivity contribution is 7.98. The predicted octanol–water partition coefficient (Wildman–Crippen LogP) is 0.0187. The molecule has 1 heterocycles. The monoisotopic (exact) mass is 301 g/mol. The molecule has 8 heteroatoms. The van der Waals surface area contributed by atoms with Crippen LogP contribution in [0.5, 0.6) is 0 Å². The van der Waals surface area contributed by atoms with Gasteiger partial charge in [0.2, 0.25) is 0 Å². The lowest BCUT2D eigenvalue weighted by Crippen LogP contribution is -2.30. The van der Waals surface area contributed by atoms with E-state index in [-0.39, 0.29) is 16.7 Å². The number of aryl methyl sites for hydroxylation is 1. The van der Waals surface area contributed by atoms with Crippen LogP contribution in [0, 0.1) is 18.3 Å². The van der Waals surface area contributed by atoms with E-state index in [0.717, 1.165) is 5.56 Å². The van der Waals surface area contributed by atoms with E-state index in [2.05, 4.69) is 9.97 Å². The van der Waals surface area contributed by atoms with Crippen molar-refractivity contribution in [2.75, 3.05) is 6.26 Å². The molecule has 0 saturated carbocycles. The highest BCUT2D eigenvalue weighted by atomic mass is 32.2. The molecule has 6 nitrogen and oxygen atoms in total. The van der Waals surface area contributed by atoms with Crippen molar-refractivity contribution in [3.63, 3.8) is 0 Å². The van der Waals surface area contributed by atoms with Crippen LogP contribution in [0.1, 0.15) is 11.1 Å². The second kappa shape index (κ2) is 6.14. The Hall–Kier alpha value is -2.08. The smallest absolute Gasteiger partial charge is 0.423 e. The standard InChI is InChI=1S/C13H12BN3O3S/c1-7-3-4-8(14(19)20)5-9(7)11-10(6-15)12(18)17-13(16-11)21-2/h3-5,19-20H,1-2H3,(H,16,17,18). The van der Waals surface area contributed by atoms with E-state index in [4.69, 9.17) is 0 Å². The summed E-state index contributed by atoms with van der Waals surface area (Å²) >= 11 is 1.25. The summed E-state index contributed by atoms with van der Waals surface area (Å²) in [6.45, 7) is 1.80. The number of aromatic nitrogens is 2. The number of rotatable bonds is 3. The van der Waals surface area contributed by atoms with Crippen LogP contribution in [0.2, 0.25) is 0 Å².